The van der Waals surface area contributed by atoms with Gasteiger partial charge in [-0.3, -0.25) is 9.56 Å². The van der Waals surface area contributed by atoms with Gasteiger partial charge in [-0.15, -0.1) is 0 Å². The first kappa shape index (κ1) is 18.5. The van der Waals surface area contributed by atoms with Crippen molar-refractivity contribution < 1.29 is 8.78 Å². The van der Waals surface area contributed by atoms with Crippen molar-refractivity contribution in [3.63, 3.8) is 0 Å². The molecule has 0 aliphatic carbocycles. The molecule has 0 spiro atoms. The van der Waals surface area contributed by atoms with E-state index in [4.69, 9.17) is 23.2 Å². The lowest BCUT2D eigenvalue weighted by Gasteiger charge is -2.22. The molecule has 0 amide bonds. The standard InChI is InChI=1S/C15H17Cl2F2N5/c1-20-15(22-8-13-21-5-6-24(13)14(18)19)23(2)9-10-3-4-11(16)12(17)7-10/h3-7,14H,8-9H2,1-2H3,(H,20,22). The summed E-state index contributed by atoms with van der Waals surface area (Å²) in [6, 6.07) is 5.36. The summed E-state index contributed by atoms with van der Waals surface area (Å²) in [6.07, 6.45) is 2.58. The van der Waals surface area contributed by atoms with Crippen LogP contribution in [0, 0.1) is 0 Å². The SMILES string of the molecule is CN=C(NCc1nccn1C(F)F)N(C)Cc1ccc(Cl)c(Cl)c1. The zero-order chi connectivity index (χ0) is 17.7. The minimum Gasteiger partial charge on any atom is -0.349 e. The Morgan fingerprint density at radius 3 is 2.75 bits per heavy atom. The van der Waals surface area contributed by atoms with Gasteiger partial charge in [0.25, 0.3) is 0 Å². The summed E-state index contributed by atoms with van der Waals surface area (Å²) in [4.78, 5) is 9.91. The highest BCUT2D eigenvalue weighted by atomic mass is 35.5. The molecule has 5 nitrogen and oxygen atoms in total. The molecular weight excluding hydrogens is 359 g/mol. The van der Waals surface area contributed by atoms with Crippen molar-refractivity contribution in [2.24, 2.45) is 4.99 Å². The Balaban J connectivity index is 2.00. The maximum atomic E-state index is 12.8. The van der Waals surface area contributed by atoms with E-state index in [0.717, 1.165) is 10.1 Å². The number of rotatable bonds is 5. The number of halogens is 4. The molecule has 2 aromatic rings. The smallest absolute Gasteiger partial charge is 0.319 e. The second kappa shape index (κ2) is 8.30. The number of aromatic nitrogens is 2. The van der Waals surface area contributed by atoms with Crippen molar-refractivity contribution in [3.8, 4) is 0 Å². The lowest BCUT2D eigenvalue weighted by atomic mass is 10.2. The van der Waals surface area contributed by atoms with Crippen LogP contribution in [0.25, 0.3) is 0 Å². The van der Waals surface area contributed by atoms with E-state index in [9.17, 15) is 8.78 Å². The maximum Gasteiger partial charge on any atom is 0.319 e. The summed E-state index contributed by atoms with van der Waals surface area (Å²) < 4.78 is 26.4. The number of hydrogen-bond donors (Lipinski definition) is 1. The molecule has 9 heteroatoms. The molecule has 0 aliphatic heterocycles. The first-order valence-corrected chi connectivity index (χ1v) is 7.83. The minimum absolute atomic E-state index is 0.135. The third kappa shape index (κ3) is 4.58. The molecular formula is C15H17Cl2F2N5. The van der Waals surface area contributed by atoms with Crippen molar-refractivity contribution in [3.05, 3.63) is 52.0 Å². The van der Waals surface area contributed by atoms with E-state index in [2.05, 4.69) is 15.3 Å². The zero-order valence-electron chi connectivity index (χ0n) is 13.2. The number of nitrogens with one attached hydrogen (secondary N) is 1. The second-order valence-electron chi connectivity index (χ2n) is 5.03. The molecule has 130 valence electrons. The Bertz CT molecular complexity index is 718. The van der Waals surface area contributed by atoms with Crippen molar-refractivity contribution >= 4 is 29.2 Å². The fraction of sp³-hybridized carbons (Fsp3) is 0.333. The Hall–Kier alpha value is -1.86. The van der Waals surface area contributed by atoms with E-state index >= 15 is 0 Å². The van der Waals surface area contributed by atoms with Gasteiger partial charge in [-0.1, -0.05) is 29.3 Å². The summed E-state index contributed by atoms with van der Waals surface area (Å²) in [5.74, 6) is 0.777. The molecule has 1 N–H and O–H groups in total. The molecule has 24 heavy (non-hydrogen) atoms. The van der Waals surface area contributed by atoms with Crippen LogP contribution in [0.5, 0.6) is 0 Å². The molecule has 1 heterocycles. The second-order valence-corrected chi connectivity index (χ2v) is 5.85. The number of guanidine groups is 1. The van der Waals surface area contributed by atoms with Crippen molar-refractivity contribution in [1.82, 2.24) is 19.8 Å². The molecule has 0 saturated carbocycles. The third-order valence-electron chi connectivity index (χ3n) is 3.34. The lowest BCUT2D eigenvalue weighted by Crippen LogP contribution is -2.38. The Labute approximate surface area is 148 Å². The largest absolute Gasteiger partial charge is 0.349 e. The Morgan fingerprint density at radius 1 is 1.38 bits per heavy atom. The van der Waals surface area contributed by atoms with Crippen LogP contribution in [0.2, 0.25) is 10.0 Å². The van der Waals surface area contributed by atoms with Crippen molar-refractivity contribution in [2.45, 2.75) is 19.6 Å². The Morgan fingerprint density at radius 2 is 2.12 bits per heavy atom. The van der Waals surface area contributed by atoms with Crippen LogP contribution in [0.4, 0.5) is 8.78 Å². The van der Waals surface area contributed by atoms with Crippen LogP contribution in [0.3, 0.4) is 0 Å². The summed E-state index contributed by atoms with van der Waals surface area (Å²) >= 11 is 11.9. The van der Waals surface area contributed by atoms with E-state index in [-0.39, 0.29) is 12.4 Å². The van der Waals surface area contributed by atoms with Gasteiger partial charge in [-0.25, -0.2) is 4.98 Å². The molecule has 0 bridgehead atoms. The van der Waals surface area contributed by atoms with Gasteiger partial charge in [0.15, 0.2) is 5.96 Å². The van der Waals surface area contributed by atoms with Crippen LogP contribution in [-0.2, 0) is 13.1 Å². The summed E-state index contributed by atoms with van der Waals surface area (Å²) in [5.41, 5.74) is 0.948. The van der Waals surface area contributed by atoms with E-state index in [1.54, 1.807) is 19.2 Å². The third-order valence-corrected chi connectivity index (χ3v) is 4.08. The number of imidazole rings is 1. The lowest BCUT2D eigenvalue weighted by molar-refractivity contribution is 0.0668. The number of hydrogen-bond acceptors (Lipinski definition) is 2. The molecule has 1 aromatic carbocycles. The first-order valence-electron chi connectivity index (χ1n) is 7.08. The number of nitrogens with zero attached hydrogens (tertiary/aromatic N) is 4. The molecule has 2 rings (SSSR count). The van der Waals surface area contributed by atoms with Gasteiger partial charge >= 0.3 is 6.55 Å². The summed E-state index contributed by atoms with van der Waals surface area (Å²) in [5, 5.41) is 3.98. The average Bonchev–Trinajstić information content (AvgIpc) is 3.00. The highest BCUT2D eigenvalue weighted by Crippen LogP contribution is 2.23. The maximum absolute atomic E-state index is 12.8. The van der Waals surface area contributed by atoms with E-state index < -0.39 is 6.55 Å². The van der Waals surface area contributed by atoms with E-state index in [1.807, 2.05) is 18.0 Å². The average molecular weight is 376 g/mol. The van der Waals surface area contributed by atoms with Crippen LogP contribution in [0.15, 0.2) is 35.6 Å². The van der Waals surface area contributed by atoms with Gasteiger partial charge in [0.2, 0.25) is 0 Å². The van der Waals surface area contributed by atoms with Gasteiger partial charge in [-0.2, -0.15) is 8.78 Å². The van der Waals surface area contributed by atoms with Crippen LogP contribution < -0.4 is 5.32 Å². The van der Waals surface area contributed by atoms with Gasteiger partial charge in [0.05, 0.1) is 16.6 Å². The number of benzene rings is 1. The number of aliphatic imine (C=N–C) groups is 1. The molecule has 0 unspecified atom stereocenters. The van der Waals surface area contributed by atoms with Crippen molar-refractivity contribution in [1.29, 1.82) is 0 Å². The molecule has 0 radical (unpaired) electrons. The molecule has 0 aliphatic rings. The quantitative estimate of drug-likeness (QED) is 0.638. The highest BCUT2D eigenvalue weighted by molar-refractivity contribution is 6.42. The van der Waals surface area contributed by atoms with E-state index in [1.165, 1.54) is 12.4 Å². The number of alkyl halides is 2. The van der Waals surface area contributed by atoms with Crippen LogP contribution >= 0.6 is 23.2 Å². The van der Waals surface area contributed by atoms with Gasteiger partial charge in [-0.05, 0) is 17.7 Å². The fourth-order valence-corrected chi connectivity index (χ4v) is 2.51. The minimum atomic E-state index is -2.62. The molecule has 0 saturated heterocycles. The van der Waals surface area contributed by atoms with Crippen molar-refractivity contribution in [2.75, 3.05) is 14.1 Å². The molecule has 0 fully saturated rings. The monoisotopic (exact) mass is 375 g/mol. The predicted molar refractivity (Wildman–Crippen MR) is 91.6 cm³/mol. The summed E-state index contributed by atoms with van der Waals surface area (Å²) in [6.45, 7) is -1.96. The highest BCUT2D eigenvalue weighted by Gasteiger charge is 2.13. The van der Waals surface area contributed by atoms with Gasteiger partial charge in [0, 0.05) is 33.0 Å². The molecule has 0 atom stereocenters. The van der Waals surface area contributed by atoms with Crippen LogP contribution in [-0.4, -0.2) is 34.5 Å². The van der Waals surface area contributed by atoms with Crippen LogP contribution in [0.1, 0.15) is 17.9 Å². The summed E-state index contributed by atoms with van der Waals surface area (Å²) in [7, 11) is 3.45. The zero-order valence-corrected chi connectivity index (χ0v) is 14.7. The fourth-order valence-electron chi connectivity index (χ4n) is 2.19. The van der Waals surface area contributed by atoms with E-state index in [0.29, 0.717) is 22.5 Å². The topological polar surface area (TPSA) is 45.5 Å². The van der Waals surface area contributed by atoms with Gasteiger partial charge < -0.3 is 10.2 Å². The Kier molecular flexibility index (Phi) is 6.39. The predicted octanol–water partition coefficient (Wildman–Crippen LogP) is 3.79. The first-order chi connectivity index (χ1) is 11.4. The van der Waals surface area contributed by atoms with Gasteiger partial charge in [0.1, 0.15) is 5.82 Å². The molecule has 1 aromatic heterocycles. The normalized spacial score (nSPS) is 11.9.